The van der Waals surface area contributed by atoms with Crippen LogP contribution in [0.15, 0.2) is 30.7 Å². The van der Waals surface area contributed by atoms with Gasteiger partial charge in [0.2, 0.25) is 0 Å². The van der Waals surface area contributed by atoms with Gasteiger partial charge in [-0.2, -0.15) is 10.4 Å². The summed E-state index contributed by atoms with van der Waals surface area (Å²) in [6, 6.07) is 5.91. The Balaban J connectivity index is 2.41. The molecule has 0 atom stereocenters. The average Bonchev–Trinajstić information content (AvgIpc) is 2.72. The van der Waals surface area contributed by atoms with Crippen molar-refractivity contribution in [2.75, 3.05) is 0 Å². The Hall–Kier alpha value is -2.15. The van der Waals surface area contributed by atoms with Gasteiger partial charge in [-0.3, -0.25) is 9.67 Å². The smallest absolute Gasteiger partial charge is 0.110 e. The summed E-state index contributed by atoms with van der Waals surface area (Å²) in [6.45, 7) is 5.07. The van der Waals surface area contributed by atoms with Gasteiger partial charge in [-0.1, -0.05) is 13.8 Å². The van der Waals surface area contributed by atoms with Crippen LogP contribution in [0.25, 0.3) is 11.3 Å². The van der Waals surface area contributed by atoms with Crippen LogP contribution < -0.4 is 0 Å². The second kappa shape index (κ2) is 4.79. The zero-order valence-electron chi connectivity index (χ0n) is 9.96. The van der Waals surface area contributed by atoms with E-state index in [1.165, 1.54) is 0 Å². The lowest BCUT2D eigenvalue weighted by Gasteiger charge is -2.03. The van der Waals surface area contributed by atoms with Crippen LogP contribution in [0.1, 0.15) is 19.4 Å². The molecule has 0 aliphatic heterocycles. The monoisotopic (exact) mass is 226 g/mol. The standard InChI is InChI=1S/C13H14N4/c1-10(2)8-17-9-12(7-14)13(16-17)11-3-5-15-6-4-11/h3-6,9-10H,8H2,1-2H3. The number of aromatic nitrogens is 3. The van der Waals surface area contributed by atoms with E-state index in [2.05, 4.69) is 30.0 Å². The molecule has 0 bridgehead atoms. The fourth-order valence-electron chi connectivity index (χ4n) is 1.69. The maximum atomic E-state index is 9.11. The summed E-state index contributed by atoms with van der Waals surface area (Å²) in [5.41, 5.74) is 2.27. The minimum Gasteiger partial charge on any atom is -0.270 e. The van der Waals surface area contributed by atoms with Gasteiger partial charge in [0, 0.05) is 30.7 Å². The van der Waals surface area contributed by atoms with Crippen LogP contribution in [-0.2, 0) is 6.54 Å². The molecule has 2 aromatic heterocycles. The predicted molar refractivity (Wildman–Crippen MR) is 65.0 cm³/mol. The normalized spacial score (nSPS) is 10.5. The molecule has 0 unspecified atom stereocenters. The number of pyridine rings is 1. The third-order valence-corrected chi connectivity index (χ3v) is 2.39. The van der Waals surface area contributed by atoms with Crippen molar-refractivity contribution >= 4 is 0 Å². The third kappa shape index (κ3) is 2.51. The van der Waals surface area contributed by atoms with E-state index in [1.54, 1.807) is 18.6 Å². The summed E-state index contributed by atoms with van der Waals surface area (Å²) < 4.78 is 1.83. The van der Waals surface area contributed by atoms with Crippen LogP contribution in [0.5, 0.6) is 0 Å². The van der Waals surface area contributed by atoms with Crippen LogP contribution in [0, 0.1) is 17.2 Å². The van der Waals surface area contributed by atoms with Crippen molar-refractivity contribution in [1.29, 1.82) is 5.26 Å². The lowest BCUT2D eigenvalue weighted by molar-refractivity contribution is 0.484. The largest absolute Gasteiger partial charge is 0.270 e. The zero-order chi connectivity index (χ0) is 12.3. The maximum absolute atomic E-state index is 9.11. The Morgan fingerprint density at radius 2 is 2.06 bits per heavy atom. The number of hydrogen-bond donors (Lipinski definition) is 0. The quantitative estimate of drug-likeness (QED) is 0.807. The fourth-order valence-corrected chi connectivity index (χ4v) is 1.69. The Morgan fingerprint density at radius 1 is 1.35 bits per heavy atom. The predicted octanol–water partition coefficient (Wildman–Crippen LogP) is 2.47. The van der Waals surface area contributed by atoms with Gasteiger partial charge in [-0.25, -0.2) is 0 Å². The van der Waals surface area contributed by atoms with Gasteiger partial charge in [0.05, 0.1) is 5.56 Å². The molecule has 4 nitrogen and oxygen atoms in total. The first kappa shape index (κ1) is 11.3. The first-order valence-electron chi connectivity index (χ1n) is 5.58. The van der Waals surface area contributed by atoms with Crippen molar-refractivity contribution in [2.45, 2.75) is 20.4 Å². The second-order valence-corrected chi connectivity index (χ2v) is 4.35. The highest BCUT2D eigenvalue weighted by atomic mass is 15.3. The Kier molecular flexibility index (Phi) is 3.20. The number of hydrogen-bond acceptors (Lipinski definition) is 3. The molecular weight excluding hydrogens is 212 g/mol. The summed E-state index contributed by atoms with van der Waals surface area (Å²) in [7, 11) is 0. The third-order valence-electron chi connectivity index (χ3n) is 2.39. The lowest BCUT2D eigenvalue weighted by atomic mass is 10.1. The Labute approximate surface area is 101 Å². The summed E-state index contributed by atoms with van der Waals surface area (Å²) in [6.07, 6.45) is 5.21. The molecular formula is C13H14N4. The van der Waals surface area contributed by atoms with Crippen molar-refractivity contribution in [3.05, 3.63) is 36.3 Å². The molecule has 0 fully saturated rings. The minimum atomic E-state index is 0.506. The Morgan fingerprint density at radius 3 is 2.65 bits per heavy atom. The molecule has 2 heterocycles. The molecule has 2 aromatic rings. The van der Waals surface area contributed by atoms with E-state index in [-0.39, 0.29) is 0 Å². The minimum absolute atomic E-state index is 0.506. The first-order valence-corrected chi connectivity index (χ1v) is 5.58. The van der Waals surface area contributed by atoms with E-state index in [9.17, 15) is 0 Å². The molecule has 0 aliphatic rings. The number of nitriles is 1. The van der Waals surface area contributed by atoms with Gasteiger partial charge in [0.15, 0.2) is 0 Å². The molecule has 0 N–H and O–H groups in total. The zero-order valence-corrected chi connectivity index (χ0v) is 9.96. The first-order chi connectivity index (χ1) is 8.20. The molecule has 86 valence electrons. The topological polar surface area (TPSA) is 54.5 Å². The van der Waals surface area contributed by atoms with E-state index in [0.29, 0.717) is 11.5 Å². The fraction of sp³-hybridized carbons (Fsp3) is 0.308. The molecule has 17 heavy (non-hydrogen) atoms. The van der Waals surface area contributed by atoms with Crippen molar-refractivity contribution < 1.29 is 0 Å². The van der Waals surface area contributed by atoms with Gasteiger partial charge in [0.1, 0.15) is 11.8 Å². The van der Waals surface area contributed by atoms with E-state index in [1.807, 2.05) is 16.8 Å². The van der Waals surface area contributed by atoms with Crippen molar-refractivity contribution in [1.82, 2.24) is 14.8 Å². The highest BCUT2D eigenvalue weighted by Crippen LogP contribution is 2.20. The molecule has 0 spiro atoms. The van der Waals surface area contributed by atoms with Crippen molar-refractivity contribution in [2.24, 2.45) is 5.92 Å². The lowest BCUT2D eigenvalue weighted by Crippen LogP contribution is -2.04. The highest BCUT2D eigenvalue weighted by molar-refractivity contribution is 5.65. The van der Waals surface area contributed by atoms with Gasteiger partial charge < -0.3 is 0 Å². The SMILES string of the molecule is CC(C)Cn1cc(C#N)c(-c2ccncc2)n1. The van der Waals surface area contributed by atoms with Crippen molar-refractivity contribution in [3.8, 4) is 17.3 Å². The molecule has 0 aromatic carbocycles. The van der Waals surface area contributed by atoms with E-state index < -0.39 is 0 Å². The van der Waals surface area contributed by atoms with Crippen LogP contribution in [0.2, 0.25) is 0 Å². The molecule has 0 amide bonds. The van der Waals surface area contributed by atoms with Gasteiger partial charge in [0.25, 0.3) is 0 Å². The summed E-state index contributed by atoms with van der Waals surface area (Å²) >= 11 is 0. The van der Waals surface area contributed by atoms with Crippen LogP contribution >= 0.6 is 0 Å². The highest BCUT2D eigenvalue weighted by Gasteiger charge is 2.11. The second-order valence-electron chi connectivity index (χ2n) is 4.35. The molecule has 0 aliphatic carbocycles. The van der Waals surface area contributed by atoms with E-state index in [0.717, 1.165) is 17.8 Å². The molecule has 0 saturated carbocycles. The maximum Gasteiger partial charge on any atom is 0.110 e. The summed E-state index contributed by atoms with van der Waals surface area (Å²) in [5.74, 6) is 0.506. The van der Waals surface area contributed by atoms with E-state index in [4.69, 9.17) is 5.26 Å². The van der Waals surface area contributed by atoms with E-state index >= 15 is 0 Å². The van der Waals surface area contributed by atoms with Crippen molar-refractivity contribution in [3.63, 3.8) is 0 Å². The number of rotatable bonds is 3. The van der Waals surface area contributed by atoms with Crippen LogP contribution in [0.3, 0.4) is 0 Å². The number of nitrogens with zero attached hydrogens (tertiary/aromatic N) is 4. The summed E-state index contributed by atoms with van der Waals surface area (Å²) in [5, 5.41) is 13.6. The van der Waals surface area contributed by atoms with Gasteiger partial charge >= 0.3 is 0 Å². The molecule has 0 radical (unpaired) electrons. The molecule has 0 saturated heterocycles. The van der Waals surface area contributed by atoms with Gasteiger partial charge in [-0.15, -0.1) is 0 Å². The Bertz CT molecular complexity index is 534. The van der Waals surface area contributed by atoms with Gasteiger partial charge in [-0.05, 0) is 18.1 Å². The van der Waals surface area contributed by atoms with Crippen LogP contribution in [0.4, 0.5) is 0 Å². The average molecular weight is 226 g/mol. The molecule has 4 heteroatoms. The van der Waals surface area contributed by atoms with Crippen LogP contribution in [-0.4, -0.2) is 14.8 Å². The molecule has 2 rings (SSSR count). The summed E-state index contributed by atoms with van der Waals surface area (Å²) in [4.78, 5) is 3.96.